The maximum atomic E-state index is 12.3. The molecule has 2 rings (SSSR count). The highest BCUT2D eigenvalue weighted by atomic mass is 35.5. The molecule has 0 spiro atoms. The van der Waals surface area contributed by atoms with Gasteiger partial charge in [-0.2, -0.15) is 0 Å². The van der Waals surface area contributed by atoms with Gasteiger partial charge in [-0.25, -0.2) is 25.9 Å². The van der Waals surface area contributed by atoms with Crippen LogP contribution in [0, 0.1) is 0 Å². The van der Waals surface area contributed by atoms with E-state index >= 15 is 0 Å². The fourth-order valence-electron chi connectivity index (χ4n) is 2.47. The summed E-state index contributed by atoms with van der Waals surface area (Å²) in [5, 5.41) is 0.310. The highest BCUT2D eigenvalue weighted by Crippen LogP contribution is 2.16. The van der Waals surface area contributed by atoms with Gasteiger partial charge in [0, 0.05) is 24.7 Å². The second kappa shape index (κ2) is 7.94. The van der Waals surface area contributed by atoms with Crippen LogP contribution in [-0.4, -0.2) is 46.5 Å². The van der Waals surface area contributed by atoms with Crippen molar-refractivity contribution in [2.45, 2.75) is 30.6 Å². The third-order valence-electron chi connectivity index (χ3n) is 3.72. The van der Waals surface area contributed by atoms with Gasteiger partial charge in [0.25, 0.3) is 0 Å². The van der Waals surface area contributed by atoms with Crippen molar-refractivity contribution in [3.63, 3.8) is 0 Å². The van der Waals surface area contributed by atoms with Crippen molar-refractivity contribution in [3.05, 3.63) is 29.3 Å². The highest BCUT2D eigenvalue weighted by molar-refractivity contribution is 7.90. The minimum absolute atomic E-state index is 0.0252. The number of nitrogens with one attached hydrogen (secondary N) is 1. The van der Waals surface area contributed by atoms with Crippen molar-refractivity contribution in [2.24, 2.45) is 0 Å². The fourth-order valence-corrected chi connectivity index (χ4v) is 5.37. The van der Waals surface area contributed by atoms with Crippen LogP contribution in [0.2, 0.25) is 5.02 Å². The molecule has 0 saturated carbocycles. The van der Waals surface area contributed by atoms with E-state index in [1.807, 2.05) is 0 Å². The molecule has 0 bridgehead atoms. The topological polar surface area (TPSA) is 83.5 Å². The second-order valence-electron chi connectivity index (χ2n) is 5.48. The van der Waals surface area contributed by atoms with E-state index in [2.05, 4.69) is 4.72 Å². The molecule has 1 aliphatic heterocycles. The first-order valence-corrected chi connectivity index (χ1v) is 11.0. The van der Waals surface area contributed by atoms with Crippen LogP contribution in [0.25, 0.3) is 0 Å². The molecule has 1 fully saturated rings. The largest absolute Gasteiger partial charge is 0.240 e. The Hall–Kier alpha value is -0.670. The van der Waals surface area contributed by atoms with Gasteiger partial charge in [0.1, 0.15) is 0 Å². The first-order chi connectivity index (χ1) is 10.8. The van der Waals surface area contributed by atoms with E-state index in [9.17, 15) is 16.8 Å². The Bertz CT molecular complexity index is 727. The van der Waals surface area contributed by atoms with Gasteiger partial charge in [0.15, 0.2) is 0 Å². The smallest absolute Gasteiger partial charge is 0.212 e. The molecule has 6 nitrogen and oxygen atoms in total. The third kappa shape index (κ3) is 5.42. The van der Waals surface area contributed by atoms with Crippen LogP contribution >= 0.6 is 11.6 Å². The van der Waals surface area contributed by atoms with Gasteiger partial charge in [-0.1, -0.05) is 30.5 Å². The molecule has 0 unspecified atom stereocenters. The molecule has 130 valence electrons. The number of hydrogen-bond donors (Lipinski definition) is 1. The van der Waals surface area contributed by atoms with Gasteiger partial charge < -0.3 is 0 Å². The summed E-state index contributed by atoms with van der Waals surface area (Å²) >= 11 is 5.78. The molecule has 0 radical (unpaired) electrons. The molecule has 1 N–H and O–H groups in total. The molecule has 0 atom stereocenters. The van der Waals surface area contributed by atoms with E-state index in [0.29, 0.717) is 18.1 Å². The summed E-state index contributed by atoms with van der Waals surface area (Å²) < 4.78 is 52.6. The maximum absolute atomic E-state index is 12.3. The predicted octanol–water partition coefficient (Wildman–Crippen LogP) is 1.82. The lowest BCUT2D eigenvalue weighted by Gasteiger charge is -2.19. The standard InChI is InChI=1S/C14H21ClN2O4S2/c15-13-6-5-7-14(12-13)23(20,21)16-8-11-22(18,19)17-9-3-1-2-4-10-17/h5-7,12,16H,1-4,8-11H2. The average Bonchev–Trinajstić information content (AvgIpc) is 2.76. The van der Waals surface area contributed by atoms with Crippen LogP contribution in [-0.2, 0) is 20.0 Å². The zero-order chi connectivity index (χ0) is 16.9. The van der Waals surface area contributed by atoms with Crippen molar-refractivity contribution in [1.29, 1.82) is 0 Å². The molecular weight excluding hydrogens is 360 g/mol. The average molecular weight is 381 g/mol. The van der Waals surface area contributed by atoms with E-state index in [1.165, 1.54) is 22.5 Å². The Morgan fingerprint density at radius 1 is 1.04 bits per heavy atom. The predicted molar refractivity (Wildman–Crippen MR) is 90.5 cm³/mol. The van der Waals surface area contributed by atoms with Gasteiger partial charge in [-0.15, -0.1) is 0 Å². The van der Waals surface area contributed by atoms with Crippen LogP contribution < -0.4 is 4.72 Å². The Morgan fingerprint density at radius 2 is 1.70 bits per heavy atom. The van der Waals surface area contributed by atoms with Gasteiger partial charge in [0.05, 0.1) is 10.6 Å². The summed E-state index contributed by atoms with van der Waals surface area (Å²) in [4.78, 5) is 0.0252. The Balaban J connectivity index is 1.95. The van der Waals surface area contributed by atoms with Gasteiger partial charge >= 0.3 is 0 Å². The zero-order valence-corrected chi connectivity index (χ0v) is 15.1. The SMILES string of the molecule is O=S(=O)(NCCS(=O)(=O)N1CCCCCC1)c1cccc(Cl)c1. The van der Waals surface area contributed by atoms with E-state index in [4.69, 9.17) is 11.6 Å². The van der Waals surface area contributed by atoms with Crippen molar-refractivity contribution in [1.82, 2.24) is 9.03 Å². The summed E-state index contributed by atoms with van der Waals surface area (Å²) in [6.45, 7) is 0.875. The number of rotatable bonds is 6. The molecule has 1 heterocycles. The van der Waals surface area contributed by atoms with Crippen LogP contribution in [0.4, 0.5) is 0 Å². The Morgan fingerprint density at radius 3 is 2.30 bits per heavy atom. The van der Waals surface area contributed by atoms with E-state index in [0.717, 1.165) is 25.7 Å². The second-order valence-corrected chi connectivity index (χ2v) is 9.78. The van der Waals surface area contributed by atoms with Crippen molar-refractivity contribution in [3.8, 4) is 0 Å². The molecule has 1 aromatic carbocycles. The summed E-state index contributed by atoms with van der Waals surface area (Å²) in [6.07, 6.45) is 3.78. The van der Waals surface area contributed by atoms with Crippen LogP contribution in [0.15, 0.2) is 29.2 Å². The molecule has 1 aromatic rings. The summed E-state index contributed by atoms with van der Waals surface area (Å²) in [7, 11) is -7.20. The first-order valence-electron chi connectivity index (χ1n) is 7.54. The molecule has 0 aromatic heterocycles. The minimum Gasteiger partial charge on any atom is -0.212 e. The van der Waals surface area contributed by atoms with E-state index < -0.39 is 20.0 Å². The lowest BCUT2D eigenvalue weighted by molar-refractivity contribution is 0.423. The third-order valence-corrected chi connectivity index (χ3v) is 7.28. The van der Waals surface area contributed by atoms with Crippen LogP contribution in [0.5, 0.6) is 0 Å². The summed E-state index contributed by atoms with van der Waals surface area (Å²) in [5.74, 6) is -0.243. The quantitative estimate of drug-likeness (QED) is 0.815. The van der Waals surface area contributed by atoms with Crippen molar-refractivity contribution >= 4 is 31.6 Å². The van der Waals surface area contributed by atoms with Gasteiger partial charge in [-0.3, -0.25) is 0 Å². The number of benzene rings is 1. The highest BCUT2D eigenvalue weighted by Gasteiger charge is 2.23. The van der Waals surface area contributed by atoms with Crippen molar-refractivity contribution in [2.75, 3.05) is 25.4 Å². The fraction of sp³-hybridized carbons (Fsp3) is 0.571. The molecule has 1 saturated heterocycles. The monoisotopic (exact) mass is 380 g/mol. The molecule has 9 heteroatoms. The molecular formula is C14H21ClN2O4S2. The number of sulfonamides is 2. The zero-order valence-electron chi connectivity index (χ0n) is 12.7. The Labute approximate surface area is 142 Å². The molecule has 0 amide bonds. The normalized spacial score (nSPS) is 17.8. The van der Waals surface area contributed by atoms with Gasteiger partial charge in [-0.05, 0) is 31.0 Å². The summed E-state index contributed by atoms with van der Waals surface area (Å²) in [6, 6.07) is 5.85. The Kier molecular flexibility index (Phi) is 6.44. The molecule has 0 aliphatic carbocycles. The first kappa shape index (κ1) is 18.7. The van der Waals surface area contributed by atoms with Crippen LogP contribution in [0.3, 0.4) is 0 Å². The molecule has 23 heavy (non-hydrogen) atoms. The van der Waals surface area contributed by atoms with Crippen LogP contribution in [0.1, 0.15) is 25.7 Å². The molecule has 1 aliphatic rings. The number of nitrogens with zero attached hydrogens (tertiary/aromatic N) is 1. The van der Waals surface area contributed by atoms with E-state index in [-0.39, 0.29) is 17.2 Å². The lowest BCUT2D eigenvalue weighted by Crippen LogP contribution is -2.38. The van der Waals surface area contributed by atoms with Gasteiger partial charge in [0.2, 0.25) is 20.0 Å². The van der Waals surface area contributed by atoms with Crippen molar-refractivity contribution < 1.29 is 16.8 Å². The minimum atomic E-state index is -3.76. The number of hydrogen-bond acceptors (Lipinski definition) is 4. The number of halogens is 1. The summed E-state index contributed by atoms with van der Waals surface area (Å²) in [5.41, 5.74) is 0. The maximum Gasteiger partial charge on any atom is 0.240 e. The van der Waals surface area contributed by atoms with E-state index in [1.54, 1.807) is 6.07 Å². The lowest BCUT2D eigenvalue weighted by atomic mass is 10.2.